The number of phenolic OH excluding ortho intramolecular Hbond substituents is 1. The lowest BCUT2D eigenvalue weighted by Crippen LogP contribution is -2.48. The predicted molar refractivity (Wildman–Crippen MR) is 69.3 cm³/mol. The molecule has 1 saturated heterocycles. The second kappa shape index (κ2) is 4.63. The molecule has 3 amide bonds. The Labute approximate surface area is 115 Å². The molecule has 0 spiro atoms. The first-order valence-electron chi connectivity index (χ1n) is 6.59. The monoisotopic (exact) mass is 274 g/mol. The minimum atomic E-state index is -0.788. The summed E-state index contributed by atoms with van der Waals surface area (Å²) in [5, 5.41) is 12.5. The molecule has 1 atom stereocenters. The van der Waals surface area contributed by atoms with E-state index in [0.29, 0.717) is 13.0 Å². The molecule has 104 valence electrons. The van der Waals surface area contributed by atoms with Gasteiger partial charge >= 0.3 is 0 Å². The molecule has 2 aliphatic rings. The summed E-state index contributed by atoms with van der Waals surface area (Å²) in [7, 11) is 0. The van der Waals surface area contributed by atoms with Crippen LogP contribution in [0.5, 0.6) is 5.75 Å². The molecule has 2 N–H and O–H groups in total. The van der Waals surface area contributed by atoms with Gasteiger partial charge in [0.05, 0.1) is 11.1 Å². The molecule has 1 fully saturated rings. The zero-order valence-corrected chi connectivity index (χ0v) is 10.8. The summed E-state index contributed by atoms with van der Waals surface area (Å²) < 4.78 is 0. The van der Waals surface area contributed by atoms with E-state index in [0.717, 1.165) is 17.7 Å². The number of nitrogens with zero attached hydrogens (tertiary/aromatic N) is 1. The first-order valence-corrected chi connectivity index (χ1v) is 6.59. The highest BCUT2D eigenvalue weighted by atomic mass is 16.3. The van der Waals surface area contributed by atoms with Gasteiger partial charge in [0.1, 0.15) is 11.8 Å². The molecular weight excluding hydrogens is 260 g/mol. The fourth-order valence-electron chi connectivity index (χ4n) is 2.74. The molecule has 1 aromatic carbocycles. The number of hydrogen-bond acceptors (Lipinski definition) is 4. The molecule has 2 aliphatic heterocycles. The van der Waals surface area contributed by atoms with Crippen molar-refractivity contribution in [1.82, 2.24) is 10.2 Å². The van der Waals surface area contributed by atoms with E-state index in [2.05, 4.69) is 5.32 Å². The highest BCUT2D eigenvalue weighted by Gasteiger charge is 2.44. The summed E-state index contributed by atoms with van der Waals surface area (Å²) in [5.41, 5.74) is 0.154. The van der Waals surface area contributed by atoms with Crippen molar-refractivity contribution in [2.75, 3.05) is 6.54 Å². The van der Waals surface area contributed by atoms with E-state index in [1.807, 2.05) is 0 Å². The molecule has 0 saturated carbocycles. The third-order valence-electron chi connectivity index (χ3n) is 3.74. The molecule has 6 heteroatoms. The highest BCUT2D eigenvalue weighted by molar-refractivity contribution is 6.24. The van der Waals surface area contributed by atoms with E-state index in [1.54, 1.807) is 0 Å². The first kappa shape index (κ1) is 12.7. The smallest absolute Gasteiger partial charge is 0.266 e. The van der Waals surface area contributed by atoms with Crippen molar-refractivity contribution in [2.24, 2.45) is 0 Å². The number of fused-ring (bicyclic) bond motifs is 1. The Bertz CT molecular complexity index is 611. The van der Waals surface area contributed by atoms with Crippen molar-refractivity contribution in [3.05, 3.63) is 29.3 Å². The number of amides is 3. The van der Waals surface area contributed by atoms with Gasteiger partial charge in [-0.3, -0.25) is 19.3 Å². The molecule has 2 heterocycles. The van der Waals surface area contributed by atoms with Gasteiger partial charge in [-0.2, -0.15) is 0 Å². The topological polar surface area (TPSA) is 86.7 Å². The van der Waals surface area contributed by atoms with Crippen LogP contribution in [0.3, 0.4) is 0 Å². The van der Waals surface area contributed by atoms with Gasteiger partial charge in [-0.1, -0.05) is 6.07 Å². The number of nitrogens with one attached hydrogen (secondary N) is 1. The van der Waals surface area contributed by atoms with Crippen LogP contribution < -0.4 is 5.32 Å². The molecule has 0 aromatic heterocycles. The largest absolute Gasteiger partial charge is 0.507 e. The Morgan fingerprint density at radius 2 is 1.95 bits per heavy atom. The summed E-state index contributed by atoms with van der Waals surface area (Å²) in [5.74, 6) is -1.64. The van der Waals surface area contributed by atoms with E-state index in [-0.39, 0.29) is 22.8 Å². The number of rotatable bonds is 1. The predicted octanol–water partition coefficient (Wildman–Crippen LogP) is 0.657. The van der Waals surface area contributed by atoms with Gasteiger partial charge in [0, 0.05) is 6.54 Å². The van der Waals surface area contributed by atoms with Gasteiger partial charge in [0.25, 0.3) is 11.8 Å². The van der Waals surface area contributed by atoms with Crippen molar-refractivity contribution < 1.29 is 19.5 Å². The van der Waals surface area contributed by atoms with Crippen molar-refractivity contribution in [2.45, 2.75) is 25.3 Å². The van der Waals surface area contributed by atoms with Crippen LogP contribution >= 0.6 is 0 Å². The van der Waals surface area contributed by atoms with Crippen LogP contribution in [0.2, 0.25) is 0 Å². The Hall–Kier alpha value is -2.37. The second-order valence-corrected chi connectivity index (χ2v) is 4.98. The summed E-state index contributed by atoms with van der Waals surface area (Å²) in [4.78, 5) is 37.7. The van der Waals surface area contributed by atoms with Crippen LogP contribution in [-0.4, -0.2) is 40.3 Å². The fraction of sp³-hybridized carbons (Fsp3) is 0.357. The molecule has 0 aliphatic carbocycles. The van der Waals surface area contributed by atoms with E-state index >= 15 is 0 Å². The number of imide groups is 1. The minimum absolute atomic E-state index is 0.00505. The van der Waals surface area contributed by atoms with Crippen LogP contribution in [0, 0.1) is 0 Å². The summed E-state index contributed by atoms with van der Waals surface area (Å²) in [6, 6.07) is 3.57. The van der Waals surface area contributed by atoms with E-state index < -0.39 is 17.9 Å². The number of benzene rings is 1. The summed E-state index contributed by atoms with van der Waals surface area (Å²) in [6.07, 6.45) is 2.05. The van der Waals surface area contributed by atoms with E-state index in [4.69, 9.17) is 0 Å². The van der Waals surface area contributed by atoms with Crippen LogP contribution in [-0.2, 0) is 4.79 Å². The minimum Gasteiger partial charge on any atom is -0.507 e. The lowest BCUT2D eigenvalue weighted by molar-refractivity contribution is -0.124. The van der Waals surface area contributed by atoms with Crippen molar-refractivity contribution in [3.63, 3.8) is 0 Å². The van der Waals surface area contributed by atoms with Crippen LogP contribution in [0.25, 0.3) is 0 Å². The molecule has 0 radical (unpaired) electrons. The third kappa shape index (κ3) is 1.76. The lowest BCUT2D eigenvalue weighted by Gasteiger charge is -2.23. The highest BCUT2D eigenvalue weighted by Crippen LogP contribution is 2.32. The number of aromatic hydroxyl groups is 1. The van der Waals surface area contributed by atoms with Gasteiger partial charge in [0.15, 0.2) is 0 Å². The standard InChI is InChI=1S/C14H14N2O4/c17-10-6-3-4-8-11(10)14(20)16(13(8)19)9-5-1-2-7-15-12(9)18/h3-4,6,9,17H,1-2,5,7H2,(H,15,18). The van der Waals surface area contributed by atoms with Crippen LogP contribution in [0.1, 0.15) is 40.0 Å². The molecule has 6 nitrogen and oxygen atoms in total. The Morgan fingerprint density at radius 3 is 2.70 bits per heavy atom. The quantitative estimate of drug-likeness (QED) is 0.736. The molecular formula is C14H14N2O4. The molecule has 1 unspecified atom stereocenters. The number of hydrogen-bond donors (Lipinski definition) is 2. The van der Waals surface area contributed by atoms with Crippen molar-refractivity contribution in [1.29, 1.82) is 0 Å². The Kier molecular flexibility index (Phi) is 2.93. The first-order chi connectivity index (χ1) is 9.61. The van der Waals surface area contributed by atoms with Gasteiger partial charge in [0.2, 0.25) is 5.91 Å². The fourth-order valence-corrected chi connectivity index (χ4v) is 2.74. The van der Waals surface area contributed by atoms with Crippen LogP contribution in [0.4, 0.5) is 0 Å². The van der Waals surface area contributed by atoms with Crippen LogP contribution in [0.15, 0.2) is 18.2 Å². The third-order valence-corrected chi connectivity index (χ3v) is 3.74. The molecule has 20 heavy (non-hydrogen) atoms. The maximum atomic E-state index is 12.4. The van der Waals surface area contributed by atoms with Gasteiger partial charge in [-0.15, -0.1) is 0 Å². The average molecular weight is 274 g/mol. The van der Waals surface area contributed by atoms with Crippen molar-refractivity contribution in [3.8, 4) is 5.75 Å². The molecule has 3 rings (SSSR count). The second-order valence-electron chi connectivity index (χ2n) is 4.98. The van der Waals surface area contributed by atoms with Gasteiger partial charge < -0.3 is 10.4 Å². The van der Waals surface area contributed by atoms with E-state index in [9.17, 15) is 19.5 Å². The van der Waals surface area contributed by atoms with Gasteiger partial charge in [-0.25, -0.2) is 0 Å². The maximum Gasteiger partial charge on any atom is 0.266 e. The molecule has 0 bridgehead atoms. The molecule has 1 aromatic rings. The number of carbonyl (C=O) groups is 3. The van der Waals surface area contributed by atoms with Crippen molar-refractivity contribution >= 4 is 17.7 Å². The summed E-state index contributed by atoms with van der Waals surface area (Å²) >= 11 is 0. The average Bonchev–Trinajstić information content (AvgIpc) is 2.57. The maximum absolute atomic E-state index is 12.4. The number of carbonyl (C=O) groups excluding carboxylic acids is 3. The zero-order chi connectivity index (χ0) is 14.3. The zero-order valence-electron chi connectivity index (χ0n) is 10.8. The Morgan fingerprint density at radius 1 is 1.15 bits per heavy atom. The number of phenols is 1. The lowest BCUT2D eigenvalue weighted by atomic mass is 10.1. The Balaban J connectivity index is 2.01. The summed E-state index contributed by atoms with van der Waals surface area (Å²) in [6.45, 7) is 0.559. The van der Waals surface area contributed by atoms with E-state index in [1.165, 1.54) is 18.2 Å². The SMILES string of the molecule is O=C1NCCCCC1N1C(=O)c2cccc(O)c2C1=O. The normalized spacial score (nSPS) is 22.5. The van der Waals surface area contributed by atoms with Gasteiger partial charge in [-0.05, 0) is 31.4 Å².